The molecule has 2 heterocycles. The number of aromatic nitrogens is 4. The summed E-state index contributed by atoms with van der Waals surface area (Å²) in [7, 11) is 1.63. The van der Waals surface area contributed by atoms with Gasteiger partial charge in [0.15, 0.2) is 11.0 Å². The fraction of sp³-hybridized carbons (Fsp3) is 0.130. The van der Waals surface area contributed by atoms with E-state index in [2.05, 4.69) is 20.5 Å². The molecule has 0 saturated carbocycles. The maximum absolute atomic E-state index is 12.3. The van der Waals surface area contributed by atoms with Gasteiger partial charge in [0.25, 0.3) is 0 Å². The van der Waals surface area contributed by atoms with Gasteiger partial charge in [-0.3, -0.25) is 14.3 Å². The lowest BCUT2D eigenvalue weighted by Crippen LogP contribution is -2.12. The predicted molar refractivity (Wildman–Crippen MR) is 127 cm³/mol. The molecule has 0 atom stereocenters. The third kappa shape index (κ3) is 5.27. The standard InChI is InChI=1S/C23H20ClN5O2S/c1-31-20-7-5-19(6-8-20)29-22(16-9-12-25-13-10-16)27-28-23(29)32-14-11-21(30)26-18-4-2-3-17(24)15-18/h2-10,12-13,15H,11,14H2,1H3,(H,26,30). The summed E-state index contributed by atoms with van der Waals surface area (Å²) in [5.74, 6) is 1.91. The Hall–Kier alpha value is -3.36. The molecule has 7 nitrogen and oxygen atoms in total. The largest absolute Gasteiger partial charge is 0.497 e. The van der Waals surface area contributed by atoms with Crippen LogP contribution in [0.3, 0.4) is 0 Å². The van der Waals surface area contributed by atoms with Crippen molar-refractivity contribution in [3.8, 4) is 22.8 Å². The summed E-state index contributed by atoms with van der Waals surface area (Å²) in [6.45, 7) is 0. The fourth-order valence-electron chi connectivity index (χ4n) is 3.04. The van der Waals surface area contributed by atoms with Crippen LogP contribution in [0.15, 0.2) is 78.2 Å². The molecule has 2 aromatic heterocycles. The maximum atomic E-state index is 12.3. The zero-order valence-corrected chi connectivity index (χ0v) is 18.8. The van der Waals surface area contributed by atoms with Gasteiger partial charge in [0.05, 0.1) is 7.11 Å². The van der Waals surface area contributed by atoms with Gasteiger partial charge >= 0.3 is 0 Å². The van der Waals surface area contributed by atoms with E-state index < -0.39 is 0 Å². The molecular formula is C23H20ClN5O2S. The van der Waals surface area contributed by atoms with E-state index in [0.29, 0.717) is 33.9 Å². The topological polar surface area (TPSA) is 81.9 Å². The van der Waals surface area contributed by atoms with E-state index in [1.165, 1.54) is 11.8 Å². The van der Waals surface area contributed by atoms with E-state index in [0.717, 1.165) is 17.0 Å². The molecule has 0 aliphatic rings. The van der Waals surface area contributed by atoms with Crippen LogP contribution in [0.5, 0.6) is 5.75 Å². The second-order valence-corrected chi connectivity index (χ2v) is 8.23. The summed E-state index contributed by atoms with van der Waals surface area (Å²) in [5, 5.41) is 12.9. The van der Waals surface area contributed by atoms with Crippen molar-refractivity contribution in [2.75, 3.05) is 18.2 Å². The smallest absolute Gasteiger partial charge is 0.225 e. The van der Waals surface area contributed by atoms with Crippen molar-refractivity contribution in [3.63, 3.8) is 0 Å². The summed E-state index contributed by atoms with van der Waals surface area (Å²) in [6, 6.07) is 18.5. The first kappa shape index (κ1) is 21.9. The first-order valence-electron chi connectivity index (χ1n) is 9.82. The Balaban J connectivity index is 1.51. The number of carbonyl (C=O) groups is 1. The van der Waals surface area contributed by atoms with Gasteiger partial charge in [0.1, 0.15) is 5.75 Å². The summed E-state index contributed by atoms with van der Waals surface area (Å²) in [4.78, 5) is 16.4. The van der Waals surface area contributed by atoms with Gasteiger partial charge in [0, 0.05) is 46.5 Å². The SMILES string of the molecule is COc1ccc(-n2c(SCCC(=O)Nc3cccc(Cl)c3)nnc2-c2ccncc2)cc1. The Labute approximate surface area is 194 Å². The van der Waals surface area contributed by atoms with Crippen molar-refractivity contribution in [2.24, 2.45) is 0 Å². The molecule has 0 fully saturated rings. The lowest BCUT2D eigenvalue weighted by Gasteiger charge is -2.11. The molecule has 0 spiro atoms. The van der Waals surface area contributed by atoms with E-state index in [-0.39, 0.29) is 5.91 Å². The third-order valence-corrected chi connectivity index (χ3v) is 5.74. The number of carbonyl (C=O) groups excluding carboxylic acids is 1. The lowest BCUT2D eigenvalue weighted by atomic mass is 10.2. The number of anilines is 1. The van der Waals surface area contributed by atoms with E-state index in [1.54, 1.807) is 43.8 Å². The summed E-state index contributed by atoms with van der Waals surface area (Å²) >= 11 is 7.44. The molecule has 0 radical (unpaired) electrons. The highest BCUT2D eigenvalue weighted by Crippen LogP contribution is 2.29. The zero-order valence-electron chi connectivity index (χ0n) is 17.2. The molecule has 1 N–H and O–H groups in total. The van der Waals surface area contributed by atoms with Crippen molar-refractivity contribution in [3.05, 3.63) is 78.1 Å². The Morgan fingerprint density at radius 1 is 1.09 bits per heavy atom. The van der Waals surface area contributed by atoms with Crippen LogP contribution in [0, 0.1) is 0 Å². The quantitative estimate of drug-likeness (QED) is 0.364. The zero-order chi connectivity index (χ0) is 22.3. The summed E-state index contributed by atoms with van der Waals surface area (Å²) < 4.78 is 7.24. The monoisotopic (exact) mass is 465 g/mol. The molecule has 9 heteroatoms. The van der Waals surface area contributed by atoms with Crippen LogP contribution in [0.2, 0.25) is 5.02 Å². The molecule has 4 rings (SSSR count). The van der Waals surface area contributed by atoms with Gasteiger partial charge in [-0.2, -0.15) is 0 Å². The third-order valence-electron chi connectivity index (χ3n) is 4.57. The number of halogens is 1. The number of pyridine rings is 1. The van der Waals surface area contributed by atoms with Gasteiger partial charge < -0.3 is 10.1 Å². The first-order chi connectivity index (χ1) is 15.6. The summed E-state index contributed by atoms with van der Waals surface area (Å²) in [6.07, 6.45) is 3.75. The fourth-order valence-corrected chi connectivity index (χ4v) is 4.12. The van der Waals surface area contributed by atoms with Crippen molar-refractivity contribution in [1.29, 1.82) is 0 Å². The Morgan fingerprint density at radius 3 is 2.59 bits per heavy atom. The molecule has 0 saturated heterocycles. The molecule has 0 aliphatic carbocycles. The second kappa shape index (κ2) is 10.3. The first-order valence-corrected chi connectivity index (χ1v) is 11.2. The van der Waals surface area contributed by atoms with Crippen LogP contribution in [0.25, 0.3) is 17.1 Å². The molecule has 0 aliphatic heterocycles. The van der Waals surface area contributed by atoms with Crippen LogP contribution < -0.4 is 10.1 Å². The van der Waals surface area contributed by atoms with Gasteiger partial charge in [-0.1, -0.05) is 29.4 Å². The van der Waals surface area contributed by atoms with Gasteiger partial charge in [-0.05, 0) is 54.6 Å². The number of rotatable bonds is 8. The van der Waals surface area contributed by atoms with Crippen LogP contribution >= 0.6 is 23.4 Å². The number of hydrogen-bond donors (Lipinski definition) is 1. The molecule has 4 aromatic rings. The Kier molecular flexibility index (Phi) is 7.03. The minimum atomic E-state index is -0.0929. The van der Waals surface area contributed by atoms with E-state index >= 15 is 0 Å². The molecule has 1 amide bonds. The molecule has 2 aromatic carbocycles. The van der Waals surface area contributed by atoms with Crippen molar-refractivity contribution < 1.29 is 9.53 Å². The van der Waals surface area contributed by atoms with Gasteiger partial charge in [-0.15, -0.1) is 10.2 Å². The van der Waals surface area contributed by atoms with E-state index in [1.807, 2.05) is 41.0 Å². The minimum Gasteiger partial charge on any atom is -0.497 e. The van der Waals surface area contributed by atoms with E-state index in [9.17, 15) is 4.79 Å². The molecular weight excluding hydrogens is 446 g/mol. The average Bonchev–Trinajstić information content (AvgIpc) is 3.23. The predicted octanol–water partition coefficient (Wildman–Crippen LogP) is 5.11. The number of thioether (sulfide) groups is 1. The normalized spacial score (nSPS) is 10.7. The van der Waals surface area contributed by atoms with Crippen molar-refractivity contribution >= 4 is 35.0 Å². The summed E-state index contributed by atoms with van der Waals surface area (Å²) in [5.41, 5.74) is 2.47. The number of hydrogen-bond acceptors (Lipinski definition) is 6. The van der Waals surface area contributed by atoms with Crippen LogP contribution in [0.1, 0.15) is 6.42 Å². The number of amides is 1. The van der Waals surface area contributed by atoms with Gasteiger partial charge in [-0.25, -0.2) is 0 Å². The molecule has 162 valence electrons. The van der Waals surface area contributed by atoms with Crippen LogP contribution in [-0.4, -0.2) is 38.5 Å². The molecule has 0 bridgehead atoms. The number of ether oxygens (including phenoxy) is 1. The van der Waals surface area contributed by atoms with Gasteiger partial charge in [0.2, 0.25) is 5.91 Å². The number of methoxy groups -OCH3 is 1. The van der Waals surface area contributed by atoms with E-state index in [4.69, 9.17) is 16.3 Å². The van der Waals surface area contributed by atoms with Crippen molar-refractivity contribution in [2.45, 2.75) is 11.6 Å². The number of nitrogens with zero attached hydrogens (tertiary/aromatic N) is 4. The highest BCUT2D eigenvalue weighted by molar-refractivity contribution is 7.99. The van der Waals surface area contributed by atoms with Crippen LogP contribution in [-0.2, 0) is 4.79 Å². The van der Waals surface area contributed by atoms with Crippen LogP contribution in [0.4, 0.5) is 5.69 Å². The Bertz CT molecular complexity index is 1200. The maximum Gasteiger partial charge on any atom is 0.225 e. The lowest BCUT2D eigenvalue weighted by molar-refractivity contribution is -0.115. The second-order valence-electron chi connectivity index (χ2n) is 6.73. The number of benzene rings is 2. The minimum absolute atomic E-state index is 0.0929. The average molecular weight is 466 g/mol. The molecule has 0 unspecified atom stereocenters. The number of nitrogens with one attached hydrogen (secondary N) is 1. The highest BCUT2D eigenvalue weighted by atomic mass is 35.5. The highest BCUT2D eigenvalue weighted by Gasteiger charge is 2.17. The molecule has 32 heavy (non-hydrogen) atoms. The van der Waals surface area contributed by atoms with Crippen molar-refractivity contribution in [1.82, 2.24) is 19.7 Å². The Morgan fingerprint density at radius 2 is 1.88 bits per heavy atom.